The minimum atomic E-state index is 0.0604. The number of pyridine rings is 1. The summed E-state index contributed by atoms with van der Waals surface area (Å²) < 4.78 is 11.0. The van der Waals surface area contributed by atoms with Crippen molar-refractivity contribution in [2.75, 3.05) is 39.8 Å². The van der Waals surface area contributed by atoms with Crippen molar-refractivity contribution >= 4 is 12.0 Å². The molecule has 0 spiro atoms. The summed E-state index contributed by atoms with van der Waals surface area (Å²) in [5.74, 6) is 1.72. The van der Waals surface area contributed by atoms with Gasteiger partial charge in [0.1, 0.15) is 18.1 Å². The molecule has 4 rings (SSSR count). The van der Waals surface area contributed by atoms with Gasteiger partial charge < -0.3 is 14.4 Å². The van der Waals surface area contributed by atoms with Crippen molar-refractivity contribution in [2.24, 2.45) is 0 Å². The highest BCUT2D eigenvalue weighted by molar-refractivity contribution is 5.91. The molecule has 0 N–H and O–H groups in total. The molecule has 176 valence electrons. The van der Waals surface area contributed by atoms with E-state index in [1.54, 1.807) is 19.4 Å². The van der Waals surface area contributed by atoms with Gasteiger partial charge in [0.15, 0.2) is 0 Å². The molecular weight excluding hydrogens is 426 g/mol. The smallest absolute Gasteiger partial charge is 0.246 e. The number of carbonyl (C=O) groups excluding carboxylic acids is 1. The predicted molar refractivity (Wildman–Crippen MR) is 134 cm³/mol. The van der Waals surface area contributed by atoms with E-state index in [1.807, 2.05) is 65.6 Å². The second-order valence-corrected chi connectivity index (χ2v) is 8.28. The Hall–Kier alpha value is -3.64. The number of hydrogen-bond donors (Lipinski definition) is 0. The second kappa shape index (κ2) is 12.0. The first-order chi connectivity index (χ1) is 16.7. The van der Waals surface area contributed by atoms with E-state index in [0.29, 0.717) is 6.61 Å². The molecule has 0 unspecified atom stereocenters. The Kier molecular flexibility index (Phi) is 8.30. The maximum absolute atomic E-state index is 12.6. The summed E-state index contributed by atoms with van der Waals surface area (Å²) in [6.07, 6.45) is 6.28. The number of benzene rings is 2. The summed E-state index contributed by atoms with van der Waals surface area (Å²) >= 11 is 0. The fraction of sp³-hybridized carbons (Fsp3) is 0.286. The van der Waals surface area contributed by atoms with Crippen molar-refractivity contribution in [3.05, 3.63) is 95.8 Å². The van der Waals surface area contributed by atoms with Crippen LogP contribution in [-0.4, -0.2) is 60.5 Å². The molecule has 1 aliphatic heterocycles. The van der Waals surface area contributed by atoms with Crippen LogP contribution in [0.1, 0.15) is 16.8 Å². The minimum absolute atomic E-state index is 0.0604. The van der Waals surface area contributed by atoms with Crippen LogP contribution in [0, 0.1) is 0 Å². The molecule has 34 heavy (non-hydrogen) atoms. The Labute approximate surface area is 201 Å². The van der Waals surface area contributed by atoms with Crippen LogP contribution in [0.4, 0.5) is 0 Å². The Morgan fingerprint density at radius 2 is 1.68 bits per heavy atom. The molecule has 0 radical (unpaired) electrons. The van der Waals surface area contributed by atoms with Gasteiger partial charge in [-0.15, -0.1) is 0 Å². The summed E-state index contributed by atoms with van der Waals surface area (Å²) in [6.45, 7) is 4.74. The highest BCUT2D eigenvalue weighted by Gasteiger charge is 2.19. The zero-order valence-corrected chi connectivity index (χ0v) is 19.6. The fourth-order valence-corrected chi connectivity index (χ4v) is 3.86. The molecule has 6 heteroatoms. The van der Waals surface area contributed by atoms with E-state index in [0.717, 1.165) is 61.9 Å². The fourth-order valence-electron chi connectivity index (χ4n) is 3.86. The van der Waals surface area contributed by atoms with Gasteiger partial charge >= 0.3 is 0 Å². The third kappa shape index (κ3) is 6.93. The number of methoxy groups -OCH3 is 1. The van der Waals surface area contributed by atoms with Gasteiger partial charge in [0.2, 0.25) is 5.91 Å². The van der Waals surface area contributed by atoms with Crippen LogP contribution in [0.2, 0.25) is 0 Å². The van der Waals surface area contributed by atoms with Gasteiger partial charge in [-0.1, -0.05) is 30.3 Å². The maximum atomic E-state index is 12.6. The molecule has 1 aromatic heterocycles. The highest BCUT2D eigenvalue weighted by atomic mass is 16.5. The number of rotatable bonds is 9. The van der Waals surface area contributed by atoms with Crippen molar-refractivity contribution in [2.45, 2.75) is 13.0 Å². The summed E-state index contributed by atoms with van der Waals surface area (Å²) in [5.41, 5.74) is 3.16. The number of ether oxygens (including phenoxy) is 2. The molecule has 0 aliphatic carbocycles. The highest BCUT2D eigenvalue weighted by Crippen LogP contribution is 2.15. The standard InChI is InChI=1S/C28H31N3O3/c1-33-26-10-5-24(6-11-26)15-17-30-18-20-31(21-19-30)28(32)14-9-23-7-12-27(13-8-23)34-22-25-4-2-3-16-29-25/h2-14,16H,15,17-22H2,1H3/b14-9+. The van der Waals surface area contributed by atoms with Crippen molar-refractivity contribution < 1.29 is 14.3 Å². The quantitative estimate of drug-likeness (QED) is 0.454. The average Bonchev–Trinajstić information content (AvgIpc) is 2.91. The number of hydrogen-bond acceptors (Lipinski definition) is 5. The van der Waals surface area contributed by atoms with E-state index in [4.69, 9.17) is 9.47 Å². The van der Waals surface area contributed by atoms with Gasteiger partial charge in [0, 0.05) is 45.0 Å². The molecule has 6 nitrogen and oxygen atoms in total. The molecule has 2 heterocycles. The molecule has 1 saturated heterocycles. The second-order valence-electron chi connectivity index (χ2n) is 8.28. The van der Waals surface area contributed by atoms with Gasteiger partial charge in [-0.05, 0) is 60.0 Å². The van der Waals surface area contributed by atoms with Gasteiger partial charge in [0.05, 0.1) is 12.8 Å². The van der Waals surface area contributed by atoms with Crippen molar-refractivity contribution in [3.63, 3.8) is 0 Å². The lowest BCUT2D eigenvalue weighted by atomic mass is 10.1. The molecule has 2 aromatic carbocycles. The zero-order valence-electron chi connectivity index (χ0n) is 19.6. The number of amides is 1. The van der Waals surface area contributed by atoms with Crippen LogP contribution in [0.3, 0.4) is 0 Å². The SMILES string of the molecule is COc1ccc(CCN2CCN(C(=O)/C=C/c3ccc(OCc4ccccn4)cc3)CC2)cc1. The molecule has 0 bridgehead atoms. The summed E-state index contributed by atoms with van der Waals surface area (Å²) in [4.78, 5) is 21.2. The number of aromatic nitrogens is 1. The molecule has 3 aromatic rings. The first kappa shape index (κ1) is 23.5. The number of carbonyl (C=O) groups is 1. The average molecular weight is 458 g/mol. The Bertz CT molecular complexity index is 1060. The summed E-state index contributed by atoms with van der Waals surface area (Å²) in [6, 6.07) is 21.7. The van der Waals surface area contributed by atoms with Crippen molar-refractivity contribution in [3.8, 4) is 11.5 Å². The Balaban J connectivity index is 1.18. The third-order valence-electron chi connectivity index (χ3n) is 5.97. The lowest BCUT2D eigenvalue weighted by Gasteiger charge is -2.34. The van der Waals surface area contributed by atoms with E-state index in [9.17, 15) is 4.79 Å². The normalized spacial score (nSPS) is 14.3. The van der Waals surface area contributed by atoms with Crippen LogP contribution >= 0.6 is 0 Å². The van der Waals surface area contributed by atoms with E-state index >= 15 is 0 Å². The van der Waals surface area contributed by atoms with Crippen molar-refractivity contribution in [1.82, 2.24) is 14.8 Å². The molecule has 1 aliphatic rings. The molecule has 0 atom stereocenters. The van der Waals surface area contributed by atoms with Gasteiger partial charge in [-0.2, -0.15) is 0 Å². The van der Waals surface area contributed by atoms with Gasteiger partial charge in [-0.25, -0.2) is 0 Å². The van der Waals surface area contributed by atoms with E-state index in [1.165, 1.54) is 5.56 Å². The van der Waals surface area contributed by atoms with E-state index in [-0.39, 0.29) is 5.91 Å². The van der Waals surface area contributed by atoms with E-state index < -0.39 is 0 Å². The minimum Gasteiger partial charge on any atom is -0.497 e. The third-order valence-corrected chi connectivity index (χ3v) is 5.97. The lowest BCUT2D eigenvalue weighted by molar-refractivity contribution is -0.127. The van der Waals surface area contributed by atoms with E-state index in [2.05, 4.69) is 22.0 Å². The van der Waals surface area contributed by atoms with Crippen LogP contribution in [0.25, 0.3) is 6.08 Å². The van der Waals surface area contributed by atoms with Gasteiger partial charge in [-0.3, -0.25) is 14.7 Å². The van der Waals surface area contributed by atoms with Gasteiger partial charge in [0.25, 0.3) is 0 Å². The molecule has 1 fully saturated rings. The lowest BCUT2D eigenvalue weighted by Crippen LogP contribution is -2.48. The first-order valence-corrected chi connectivity index (χ1v) is 11.6. The maximum Gasteiger partial charge on any atom is 0.246 e. The Morgan fingerprint density at radius 3 is 2.35 bits per heavy atom. The first-order valence-electron chi connectivity index (χ1n) is 11.6. The van der Waals surface area contributed by atoms with Crippen LogP contribution in [-0.2, 0) is 17.8 Å². The van der Waals surface area contributed by atoms with Crippen molar-refractivity contribution in [1.29, 1.82) is 0 Å². The zero-order chi connectivity index (χ0) is 23.6. The summed E-state index contributed by atoms with van der Waals surface area (Å²) in [7, 11) is 1.68. The monoisotopic (exact) mass is 457 g/mol. The largest absolute Gasteiger partial charge is 0.497 e. The Morgan fingerprint density at radius 1 is 0.941 bits per heavy atom. The molecule has 0 saturated carbocycles. The predicted octanol–water partition coefficient (Wildman–Crippen LogP) is 4.07. The summed E-state index contributed by atoms with van der Waals surface area (Å²) in [5, 5.41) is 0. The van der Waals surface area contributed by atoms with Crippen LogP contribution < -0.4 is 9.47 Å². The van der Waals surface area contributed by atoms with Crippen LogP contribution in [0.5, 0.6) is 11.5 Å². The topological polar surface area (TPSA) is 54.9 Å². The van der Waals surface area contributed by atoms with Crippen LogP contribution in [0.15, 0.2) is 79.0 Å². The number of nitrogens with zero attached hydrogens (tertiary/aromatic N) is 3. The number of piperazine rings is 1. The molecule has 1 amide bonds. The molecular formula is C28H31N3O3.